The van der Waals surface area contributed by atoms with Gasteiger partial charge in [-0.2, -0.15) is 5.26 Å². The highest BCUT2D eigenvalue weighted by molar-refractivity contribution is 5.95. The number of hydrogen-bond acceptors (Lipinski definition) is 3. The topological polar surface area (TPSA) is 73.2 Å². The number of para-hydroxylation sites is 1. The molecule has 0 saturated carbocycles. The molecule has 0 unspecified atom stereocenters. The first-order valence-electron chi connectivity index (χ1n) is 8.06. The monoisotopic (exact) mass is 335 g/mol. The van der Waals surface area contributed by atoms with Gasteiger partial charge in [-0.15, -0.1) is 0 Å². The fourth-order valence-corrected chi connectivity index (χ4v) is 2.52. The van der Waals surface area contributed by atoms with E-state index in [9.17, 15) is 14.9 Å². The van der Waals surface area contributed by atoms with Crippen molar-refractivity contribution in [2.24, 2.45) is 0 Å². The van der Waals surface area contributed by atoms with Crippen molar-refractivity contribution in [2.45, 2.75) is 20.8 Å². The molecule has 0 aliphatic carbocycles. The van der Waals surface area contributed by atoms with Crippen molar-refractivity contribution in [3.63, 3.8) is 0 Å². The van der Waals surface area contributed by atoms with Crippen LogP contribution < -0.4 is 10.2 Å². The maximum atomic E-state index is 12.3. The van der Waals surface area contributed by atoms with Crippen LogP contribution in [-0.4, -0.2) is 24.9 Å². The molecular weight excluding hydrogens is 314 g/mol. The van der Waals surface area contributed by atoms with Crippen LogP contribution in [-0.2, 0) is 4.79 Å². The van der Waals surface area contributed by atoms with Gasteiger partial charge in [-0.3, -0.25) is 9.59 Å². The smallest absolute Gasteiger partial charge is 0.251 e. The zero-order chi connectivity index (χ0) is 18.4. The number of nitrogens with one attached hydrogen (secondary N) is 1. The Morgan fingerprint density at radius 3 is 2.48 bits per heavy atom. The van der Waals surface area contributed by atoms with Gasteiger partial charge < -0.3 is 10.2 Å². The van der Waals surface area contributed by atoms with Crippen molar-refractivity contribution in [1.29, 1.82) is 5.26 Å². The van der Waals surface area contributed by atoms with Crippen molar-refractivity contribution in [3.8, 4) is 6.07 Å². The largest absolute Gasteiger partial charge is 0.350 e. The zero-order valence-electron chi connectivity index (χ0n) is 14.7. The molecule has 0 radical (unpaired) electrons. The number of aryl methyl sites for hydroxylation is 2. The molecule has 0 fully saturated rings. The number of nitriles is 1. The normalized spacial score (nSPS) is 10.0. The van der Waals surface area contributed by atoms with E-state index < -0.39 is 0 Å². The molecule has 2 rings (SSSR count). The number of rotatable bonds is 5. The molecule has 128 valence electrons. The Morgan fingerprint density at radius 1 is 1.12 bits per heavy atom. The van der Waals surface area contributed by atoms with E-state index in [-0.39, 0.29) is 11.8 Å². The number of carbonyl (C=O) groups excluding carboxylic acids is 2. The number of anilines is 1. The number of carbonyl (C=O) groups is 2. The van der Waals surface area contributed by atoms with Gasteiger partial charge in [-0.1, -0.05) is 18.2 Å². The van der Waals surface area contributed by atoms with Crippen LogP contribution in [0, 0.1) is 25.2 Å². The summed E-state index contributed by atoms with van der Waals surface area (Å²) < 4.78 is 0. The number of amides is 2. The van der Waals surface area contributed by atoms with E-state index in [0.717, 1.165) is 11.1 Å². The summed E-state index contributed by atoms with van der Waals surface area (Å²) in [6.45, 7) is 5.99. The van der Waals surface area contributed by atoms with Crippen LogP contribution >= 0.6 is 0 Å². The molecule has 0 atom stereocenters. The van der Waals surface area contributed by atoms with E-state index in [2.05, 4.69) is 11.4 Å². The highest BCUT2D eigenvalue weighted by Crippen LogP contribution is 2.19. The van der Waals surface area contributed by atoms with Gasteiger partial charge in [-0.25, -0.2) is 0 Å². The highest BCUT2D eigenvalue weighted by Gasteiger charge is 2.15. The molecule has 5 nitrogen and oxygen atoms in total. The molecule has 0 spiro atoms. The molecule has 0 saturated heterocycles. The molecule has 0 aromatic heterocycles. The van der Waals surface area contributed by atoms with E-state index in [1.165, 1.54) is 11.8 Å². The third-order valence-corrected chi connectivity index (χ3v) is 4.09. The lowest BCUT2D eigenvalue weighted by atomic mass is 10.1. The van der Waals surface area contributed by atoms with Gasteiger partial charge >= 0.3 is 0 Å². The average molecular weight is 335 g/mol. The van der Waals surface area contributed by atoms with E-state index in [0.29, 0.717) is 29.9 Å². The first-order valence-corrected chi connectivity index (χ1v) is 8.06. The molecule has 0 heterocycles. The fraction of sp³-hybridized carbons (Fsp3) is 0.250. The summed E-state index contributed by atoms with van der Waals surface area (Å²) in [6, 6.07) is 14.5. The first-order chi connectivity index (χ1) is 11.9. The van der Waals surface area contributed by atoms with Gasteiger partial charge in [0.1, 0.15) is 6.07 Å². The second-order valence-electron chi connectivity index (χ2n) is 5.85. The van der Waals surface area contributed by atoms with Crippen molar-refractivity contribution < 1.29 is 9.59 Å². The Kier molecular flexibility index (Phi) is 5.91. The summed E-state index contributed by atoms with van der Waals surface area (Å²) in [6.07, 6.45) is 0. The third-order valence-electron chi connectivity index (χ3n) is 4.09. The van der Waals surface area contributed by atoms with E-state index in [1.54, 1.807) is 30.3 Å². The first kappa shape index (κ1) is 18.2. The zero-order valence-corrected chi connectivity index (χ0v) is 14.7. The molecule has 2 amide bonds. The van der Waals surface area contributed by atoms with Gasteiger partial charge in [0.25, 0.3) is 5.91 Å². The van der Waals surface area contributed by atoms with Gasteiger partial charge in [0, 0.05) is 25.6 Å². The summed E-state index contributed by atoms with van der Waals surface area (Å²) >= 11 is 0. The van der Waals surface area contributed by atoms with Gasteiger partial charge in [0.15, 0.2) is 0 Å². The Hall–Kier alpha value is -3.13. The predicted molar refractivity (Wildman–Crippen MR) is 97.4 cm³/mol. The third kappa shape index (κ3) is 4.45. The summed E-state index contributed by atoms with van der Waals surface area (Å²) in [5, 5.41) is 12.0. The molecule has 2 aromatic carbocycles. The second-order valence-corrected chi connectivity index (χ2v) is 5.85. The van der Waals surface area contributed by atoms with E-state index in [1.807, 2.05) is 26.0 Å². The number of nitrogens with zero attached hydrogens (tertiary/aromatic N) is 2. The fourth-order valence-electron chi connectivity index (χ4n) is 2.52. The van der Waals surface area contributed by atoms with Crippen LogP contribution in [0.2, 0.25) is 0 Å². The Morgan fingerprint density at radius 2 is 1.84 bits per heavy atom. The minimum Gasteiger partial charge on any atom is -0.350 e. The van der Waals surface area contributed by atoms with Gasteiger partial charge in [-0.05, 0) is 49.2 Å². The Balaban J connectivity index is 2.05. The molecule has 0 bridgehead atoms. The molecule has 0 aliphatic heterocycles. The maximum absolute atomic E-state index is 12.3. The van der Waals surface area contributed by atoms with Crippen molar-refractivity contribution >= 4 is 17.5 Å². The van der Waals surface area contributed by atoms with Crippen LogP contribution in [0.5, 0.6) is 0 Å². The lowest BCUT2D eigenvalue weighted by molar-refractivity contribution is -0.116. The SMILES string of the molecule is CC(=O)N(CCNC(=O)c1ccc(C)c(C)c1)c1ccccc1C#N. The van der Waals surface area contributed by atoms with Crippen LogP contribution in [0.1, 0.15) is 34.0 Å². The van der Waals surface area contributed by atoms with Crippen LogP contribution in [0.25, 0.3) is 0 Å². The summed E-state index contributed by atoms with van der Waals surface area (Å²) in [5.74, 6) is -0.358. The van der Waals surface area contributed by atoms with E-state index >= 15 is 0 Å². The minimum absolute atomic E-state index is 0.178. The maximum Gasteiger partial charge on any atom is 0.251 e. The van der Waals surface area contributed by atoms with Crippen LogP contribution in [0.3, 0.4) is 0 Å². The number of benzene rings is 2. The standard InChI is InChI=1S/C20H21N3O2/c1-14-8-9-17(12-15(14)2)20(25)22-10-11-23(16(3)24)19-7-5-4-6-18(19)13-21/h4-9,12H,10-11H2,1-3H3,(H,22,25). The summed E-state index contributed by atoms with van der Waals surface area (Å²) in [5.41, 5.74) is 3.76. The quantitative estimate of drug-likeness (QED) is 0.913. The van der Waals surface area contributed by atoms with Gasteiger partial charge in [0.05, 0.1) is 11.3 Å². The van der Waals surface area contributed by atoms with E-state index in [4.69, 9.17) is 0 Å². The lowest BCUT2D eigenvalue weighted by Crippen LogP contribution is -2.38. The highest BCUT2D eigenvalue weighted by atomic mass is 16.2. The Bertz CT molecular complexity index is 837. The minimum atomic E-state index is -0.180. The van der Waals surface area contributed by atoms with Crippen molar-refractivity contribution in [2.75, 3.05) is 18.0 Å². The molecule has 2 aromatic rings. The average Bonchev–Trinajstić information content (AvgIpc) is 2.60. The summed E-state index contributed by atoms with van der Waals surface area (Å²) in [4.78, 5) is 25.7. The van der Waals surface area contributed by atoms with Crippen LogP contribution in [0.15, 0.2) is 42.5 Å². The second kappa shape index (κ2) is 8.11. The predicted octanol–water partition coefficient (Wildman–Crippen LogP) is 2.96. The number of hydrogen-bond donors (Lipinski definition) is 1. The Labute approximate surface area is 147 Å². The lowest BCUT2D eigenvalue weighted by Gasteiger charge is -2.22. The van der Waals surface area contributed by atoms with Crippen molar-refractivity contribution in [1.82, 2.24) is 5.32 Å². The molecule has 0 aliphatic rings. The van der Waals surface area contributed by atoms with Gasteiger partial charge in [0.2, 0.25) is 5.91 Å². The molecule has 25 heavy (non-hydrogen) atoms. The molecule has 1 N–H and O–H groups in total. The summed E-state index contributed by atoms with van der Waals surface area (Å²) in [7, 11) is 0. The molecule has 5 heteroatoms. The van der Waals surface area contributed by atoms with Crippen LogP contribution in [0.4, 0.5) is 5.69 Å². The molecular formula is C20H21N3O2. The van der Waals surface area contributed by atoms with Crippen molar-refractivity contribution in [3.05, 3.63) is 64.7 Å².